The van der Waals surface area contributed by atoms with Crippen LogP contribution in [0.25, 0.3) is 11.3 Å². The molecule has 0 N–H and O–H groups in total. The Kier molecular flexibility index (Phi) is 3.32. The number of aromatic nitrogens is 2. The largest absolute Gasteiger partial charge is 0.481 e. The van der Waals surface area contributed by atoms with Crippen LogP contribution < -0.4 is 9.30 Å². The van der Waals surface area contributed by atoms with Gasteiger partial charge in [-0.1, -0.05) is 0 Å². The normalized spacial score (nSPS) is 10.5. The Labute approximate surface area is 108 Å². The Hall–Kier alpha value is -1.90. The predicted octanol–water partition coefficient (Wildman–Crippen LogP) is 2.51. The van der Waals surface area contributed by atoms with Crippen molar-refractivity contribution in [3.63, 3.8) is 0 Å². The van der Waals surface area contributed by atoms with Crippen LogP contribution in [0.15, 0.2) is 24.4 Å². The van der Waals surface area contributed by atoms with Crippen LogP contribution in [0.2, 0.25) is 0 Å². The molecule has 94 valence electrons. The lowest BCUT2D eigenvalue weighted by molar-refractivity contribution is -0.660. The lowest BCUT2D eigenvalue weighted by atomic mass is 10.0. The van der Waals surface area contributed by atoms with E-state index < -0.39 is 0 Å². The lowest BCUT2D eigenvalue weighted by Crippen LogP contribution is -2.31. The Bertz CT molecular complexity index is 568. The molecule has 2 aromatic heterocycles. The van der Waals surface area contributed by atoms with E-state index >= 15 is 0 Å². The highest BCUT2D eigenvalue weighted by Gasteiger charge is 2.17. The summed E-state index contributed by atoms with van der Waals surface area (Å²) in [5.41, 5.74) is 5.79. The molecule has 18 heavy (non-hydrogen) atoms. The number of aryl methyl sites for hydroxylation is 4. The summed E-state index contributed by atoms with van der Waals surface area (Å²) < 4.78 is 7.32. The van der Waals surface area contributed by atoms with Crippen molar-refractivity contribution in [2.45, 2.75) is 20.8 Å². The van der Waals surface area contributed by atoms with Gasteiger partial charge in [0.15, 0.2) is 6.20 Å². The van der Waals surface area contributed by atoms with Crippen molar-refractivity contribution in [3.8, 4) is 17.1 Å². The number of hydrogen-bond donors (Lipinski definition) is 0. The highest BCUT2D eigenvalue weighted by Crippen LogP contribution is 2.26. The van der Waals surface area contributed by atoms with Crippen molar-refractivity contribution in [2.24, 2.45) is 7.05 Å². The fraction of sp³-hybridized carbons (Fsp3) is 0.333. The molecule has 3 heteroatoms. The van der Waals surface area contributed by atoms with Gasteiger partial charge in [0, 0.05) is 18.2 Å². The van der Waals surface area contributed by atoms with Gasteiger partial charge in [-0.05, 0) is 31.9 Å². The van der Waals surface area contributed by atoms with Gasteiger partial charge in [-0.25, -0.2) is 9.55 Å². The van der Waals surface area contributed by atoms with Crippen LogP contribution in [-0.2, 0) is 7.05 Å². The average Bonchev–Trinajstić information content (AvgIpc) is 2.32. The molecule has 0 radical (unpaired) electrons. The van der Waals surface area contributed by atoms with E-state index in [2.05, 4.69) is 48.8 Å². The summed E-state index contributed by atoms with van der Waals surface area (Å²) in [6, 6.07) is 6.26. The molecule has 0 spiro atoms. The molecule has 0 saturated heterocycles. The summed E-state index contributed by atoms with van der Waals surface area (Å²) >= 11 is 0. The maximum absolute atomic E-state index is 5.20. The van der Waals surface area contributed by atoms with Crippen LogP contribution in [0.4, 0.5) is 0 Å². The first-order valence-corrected chi connectivity index (χ1v) is 6.02. The van der Waals surface area contributed by atoms with Gasteiger partial charge in [0.2, 0.25) is 11.6 Å². The summed E-state index contributed by atoms with van der Waals surface area (Å²) in [6.45, 7) is 6.22. The van der Waals surface area contributed by atoms with Crippen LogP contribution >= 0.6 is 0 Å². The Morgan fingerprint density at radius 1 is 1.17 bits per heavy atom. The first-order chi connectivity index (χ1) is 8.52. The van der Waals surface area contributed by atoms with E-state index in [-0.39, 0.29) is 0 Å². The highest BCUT2D eigenvalue weighted by atomic mass is 16.5. The smallest absolute Gasteiger partial charge is 0.214 e. The number of rotatable bonds is 2. The molecule has 0 unspecified atom stereocenters. The maximum Gasteiger partial charge on any atom is 0.214 e. The molecule has 3 nitrogen and oxygen atoms in total. The van der Waals surface area contributed by atoms with Gasteiger partial charge in [0.05, 0.1) is 18.4 Å². The second-order valence-electron chi connectivity index (χ2n) is 4.64. The number of nitrogens with zero attached hydrogens (tertiary/aromatic N) is 2. The van der Waals surface area contributed by atoms with E-state index in [9.17, 15) is 0 Å². The second-order valence-corrected chi connectivity index (χ2v) is 4.64. The molecule has 0 amide bonds. The van der Waals surface area contributed by atoms with Crippen LogP contribution in [-0.4, -0.2) is 12.1 Å². The van der Waals surface area contributed by atoms with Gasteiger partial charge >= 0.3 is 0 Å². The zero-order valence-electron chi connectivity index (χ0n) is 11.6. The quantitative estimate of drug-likeness (QED) is 0.757. The summed E-state index contributed by atoms with van der Waals surface area (Å²) in [5, 5.41) is 0. The molecule has 0 atom stereocenters. The zero-order valence-corrected chi connectivity index (χ0v) is 11.6. The molecule has 0 aliphatic rings. The number of ether oxygens (including phenoxy) is 1. The van der Waals surface area contributed by atoms with Gasteiger partial charge in [-0.15, -0.1) is 0 Å². The first-order valence-electron chi connectivity index (χ1n) is 6.02. The van der Waals surface area contributed by atoms with E-state index in [1.54, 1.807) is 7.11 Å². The summed E-state index contributed by atoms with van der Waals surface area (Å²) in [5.74, 6) is 0.670. The van der Waals surface area contributed by atoms with Gasteiger partial charge in [-0.3, -0.25) is 0 Å². The number of hydrogen-bond acceptors (Lipinski definition) is 2. The minimum atomic E-state index is 0.670. The minimum absolute atomic E-state index is 0.670. The standard InChI is InChI=1S/C15H19N2O/c1-10-6-7-17(4)13(8-10)15-11(2)9-14(18-5)16-12(15)3/h6-9H,1-5H3/q+1. The van der Waals surface area contributed by atoms with Crippen molar-refractivity contribution >= 4 is 0 Å². The van der Waals surface area contributed by atoms with Gasteiger partial charge in [0.1, 0.15) is 7.05 Å². The second kappa shape index (κ2) is 4.77. The predicted molar refractivity (Wildman–Crippen MR) is 71.6 cm³/mol. The average molecular weight is 243 g/mol. The minimum Gasteiger partial charge on any atom is -0.481 e. The molecular formula is C15H19N2O+. The molecular weight excluding hydrogens is 224 g/mol. The van der Waals surface area contributed by atoms with E-state index in [0.29, 0.717) is 5.88 Å². The summed E-state index contributed by atoms with van der Waals surface area (Å²) in [6.07, 6.45) is 2.08. The van der Waals surface area contributed by atoms with Crippen LogP contribution in [0.5, 0.6) is 5.88 Å². The fourth-order valence-electron chi connectivity index (χ4n) is 2.21. The van der Waals surface area contributed by atoms with Crippen molar-refractivity contribution in [3.05, 3.63) is 41.2 Å². The fourth-order valence-corrected chi connectivity index (χ4v) is 2.21. The molecule has 0 saturated carbocycles. The molecule has 2 aromatic rings. The van der Waals surface area contributed by atoms with Crippen LogP contribution in [0.3, 0.4) is 0 Å². The molecule has 2 heterocycles. The molecule has 0 aliphatic heterocycles. The third-order valence-corrected chi connectivity index (χ3v) is 3.14. The number of pyridine rings is 2. The lowest BCUT2D eigenvalue weighted by Gasteiger charge is -2.10. The maximum atomic E-state index is 5.20. The zero-order chi connectivity index (χ0) is 13.3. The molecule has 0 aliphatic carbocycles. The van der Waals surface area contributed by atoms with Crippen LogP contribution in [0, 0.1) is 20.8 Å². The van der Waals surface area contributed by atoms with E-state index in [1.807, 2.05) is 13.0 Å². The summed E-state index contributed by atoms with van der Waals surface area (Å²) in [4.78, 5) is 4.46. The van der Waals surface area contributed by atoms with Gasteiger partial charge < -0.3 is 4.74 Å². The Morgan fingerprint density at radius 2 is 1.89 bits per heavy atom. The van der Waals surface area contributed by atoms with Crippen molar-refractivity contribution in [1.29, 1.82) is 0 Å². The van der Waals surface area contributed by atoms with Crippen molar-refractivity contribution in [2.75, 3.05) is 7.11 Å². The molecule has 0 fully saturated rings. The molecule has 0 aromatic carbocycles. The van der Waals surface area contributed by atoms with E-state index in [4.69, 9.17) is 4.74 Å². The first kappa shape index (κ1) is 12.6. The van der Waals surface area contributed by atoms with Gasteiger partial charge in [0.25, 0.3) is 0 Å². The third kappa shape index (κ3) is 2.21. The SMILES string of the molecule is COc1cc(C)c(-c2cc(C)cc[n+]2C)c(C)n1. The van der Waals surface area contributed by atoms with Crippen molar-refractivity contribution in [1.82, 2.24) is 4.98 Å². The Morgan fingerprint density at radius 3 is 2.50 bits per heavy atom. The number of methoxy groups -OCH3 is 1. The monoisotopic (exact) mass is 243 g/mol. The van der Waals surface area contributed by atoms with Crippen LogP contribution in [0.1, 0.15) is 16.8 Å². The van der Waals surface area contributed by atoms with Gasteiger partial charge in [-0.2, -0.15) is 0 Å². The molecule has 0 bridgehead atoms. The van der Waals surface area contributed by atoms with E-state index in [0.717, 1.165) is 5.69 Å². The molecule has 2 rings (SSSR count). The third-order valence-electron chi connectivity index (χ3n) is 3.14. The van der Waals surface area contributed by atoms with E-state index in [1.165, 1.54) is 22.4 Å². The summed E-state index contributed by atoms with van der Waals surface area (Å²) in [7, 11) is 3.70. The topological polar surface area (TPSA) is 26.0 Å². The highest BCUT2D eigenvalue weighted by molar-refractivity contribution is 5.64. The Balaban J connectivity index is 2.67. The van der Waals surface area contributed by atoms with Crippen molar-refractivity contribution < 1.29 is 9.30 Å².